The van der Waals surface area contributed by atoms with E-state index in [0.717, 1.165) is 12.2 Å². The van der Waals surface area contributed by atoms with Crippen LogP contribution in [-0.4, -0.2) is 0 Å². The molecule has 0 amide bonds. The minimum absolute atomic E-state index is 0.563. The van der Waals surface area contributed by atoms with Gasteiger partial charge in [-0.3, -0.25) is 0 Å². The second kappa shape index (κ2) is 5.98. The average Bonchev–Trinajstić information content (AvgIpc) is 2.38. The quantitative estimate of drug-likeness (QED) is 0.796. The topological polar surface area (TPSA) is 38.0 Å². The van der Waals surface area contributed by atoms with Gasteiger partial charge in [-0.15, -0.1) is 0 Å². The van der Waals surface area contributed by atoms with Crippen LogP contribution in [-0.2, 0) is 6.54 Å². The molecule has 0 unspecified atom stereocenters. The summed E-state index contributed by atoms with van der Waals surface area (Å²) in [6.45, 7) is 5.14. The molecule has 0 aliphatic rings. The van der Waals surface area contributed by atoms with E-state index in [1.807, 2.05) is 12.1 Å². The molecule has 0 bridgehead atoms. The smallest absolute Gasteiger partial charge is 0.0658 e. The molecule has 100 valence electrons. The van der Waals surface area contributed by atoms with Gasteiger partial charge in [-0.2, -0.15) is 0 Å². The molecular weight excluding hydrogens is 256 g/mol. The zero-order chi connectivity index (χ0) is 13.8. The maximum atomic E-state index is 6.12. The molecule has 0 aliphatic carbocycles. The molecule has 0 atom stereocenters. The molecule has 2 aromatic rings. The Balaban J connectivity index is 2.02. The van der Waals surface area contributed by atoms with Gasteiger partial charge in [0, 0.05) is 12.2 Å². The van der Waals surface area contributed by atoms with Gasteiger partial charge in [0.1, 0.15) is 0 Å². The fraction of sp³-hybridized carbons (Fsp3) is 0.250. The van der Waals surface area contributed by atoms with Crippen molar-refractivity contribution in [1.29, 1.82) is 0 Å². The highest BCUT2D eigenvalue weighted by Gasteiger charge is 2.02. The molecule has 2 aromatic carbocycles. The van der Waals surface area contributed by atoms with E-state index in [2.05, 4.69) is 43.4 Å². The fourth-order valence-corrected chi connectivity index (χ4v) is 2.15. The first-order valence-electron chi connectivity index (χ1n) is 6.44. The fourth-order valence-electron chi connectivity index (χ4n) is 1.89. The molecule has 0 radical (unpaired) electrons. The highest BCUT2D eigenvalue weighted by atomic mass is 35.5. The summed E-state index contributed by atoms with van der Waals surface area (Å²) in [7, 11) is 0. The number of nitrogens with one attached hydrogen (secondary N) is 1. The van der Waals surface area contributed by atoms with Gasteiger partial charge in [0.15, 0.2) is 0 Å². The molecule has 3 N–H and O–H groups in total. The average molecular weight is 275 g/mol. The zero-order valence-corrected chi connectivity index (χ0v) is 12.0. The van der Waals surface area contributed by atoms with Crippen molar-refractivity contribution in [3.05, 3.63) is 58.6 Å². The summed E-state index contributed by atoms with van der Waals surface area (Å²) in [5.41, 5.74) is 9.84. The van der Waals surface area contributed by atoms with Crippen LogP contribution in [0, 0.1) is 0 Å². The number of anilines is 2. The summed E-state index contributed by atoms with van der Waals surface area (Å²) >= 11 is 6.12. The largest absolute Gasteiger partial charge is 0.399 e. The highest BCUT2D eigenvalue weighted by Crippen LogP contribution is 2.24. The Morgan fingerprint density at radius 1 is 1.11 bits per heavy atom. The van der Waals surface area contributed by atoms with Crippen LogP contribution in [0.15, 0.2) is 42.5 Å². The summed E-state index contributed by atoms with van der Waals surface area (Å²) in [6.07, 6.45) is 0. The van der Waals surface area contributed by atoms with Gasteiger partial charge < -0.3 is 11.1 Å². The van der Waals surface area contributed by atoms with Gasteiger partial charge in [0.2, 0.25) is 0 Å². The summed E-state index contributed by atoms with van der Waals surface area (Å²) < 4.78 is 0. The van der Waals surface area contributed by atoms with Crippen molar-refractivity contribution in [3.63, 3.8) is 0 Å². The lowest BCUT2D eigenvalue weighted by molar-refractivity contribution is 0.865. The standard InChI is InChI=1S/C16H19ClN2/c1-11(2)13-5-3-12(4-6-13)10-19-16-8-7-14(18)9-15(16)17/h3-9,11,19H,10,18H2,1-2H3. The predicted octanol–water partition coefficient (Wildman–Crippen LogP) is 4.66. The minimum Gasteiger partial charge on any atom is -0.399 e. The van der Waals surface area contributed by atoms with Gasteiger partial charge in [0.05, 0.1) is 10.7 Å². The van der Waals surface area contributed by atoms with Gasteiger partial charge >= 0.3 is 0 Å². The number of hydrogen-bond donors (Lipinski definition) is 2. The normalized spacial score (nSPS) is 10.7. The number of nitrogens with two attached hydrogens (primary N) is 1. The zero-order valence-electron chi connectivity index (χ0n) is 11.3. The molecule has 19 heavy (non-hydrogen) atoms. The number of rotatable bonds is 4. The second-order valence-corrected chi connectivity index (χ2v) is 5.40. The van der Waals surface area contributed by atoms with Gasteiger partial charge in [-0.05, 0) is 35.2 Å². The minimum atomic E-state index is 0.563. The predicted molar refractivity (Wildman–Crippen MR) is 83.7 cm³/mol. The Morgan fingerprint density at radius 3 is 2.37 bits per heavy atom. The van der Waals surface area contributed by atoms with Crippen LogP contribution in [0.1, 0.15) is 30.9 Å². The van der Waals surface area contributed by atoms with E-state index in [1.165, 1.54) is 11.1 Å². The Bertz CT molecular complexity index is 547. The van der Waals surface area contributed by atoms with Crippen LogP contribution in [0.4, 0.5) is 11.4 Å². The number of halogens is 1. The Hall–Kier alpha value is -1.67. The van der Waals surface area contributed by atoms with Crippen LogP contribution in [0.2, 0.25) is 5.02 Å². The molecule has 0 aliphatic heterocycles. The van der Waals surface area contributed by atoms with E-state index < -0.39 is 0 Å². The van der Waals surface area contributed by atoms with Crippen LogP contribution < -0.4 is 11.1 Å². The van der Waals surface area contributed by atoms with Crippen molar-refractivity contribution in [2.24, 2.45) is 0 Å². The molecule has 0 fully saturated rings. The lowest BCUT2D eigenvalue weighted by Gasteiger charge is -2.10. The summed E-state index contributed by atoms with van der Waals surface area (Å²) in [4.78, 5) is 0. The molecule has 0 spiro atoms. The van der Waals surface area contributed by atoms with Crippen molar-refractivity contribution in [3.8, 4) is 0 Å². The summed E-state index contributed by atoms with van der Waals surface area (Å²) in [5.74, 6) is 0.563. The van der Waals surface area contributed by atoms with Crippen molar-refractivity contribution < 1.29 is 0 Å². The van der Waals surface area contributed by atoms with Crippen LogP contribution in [0.5, 0.6) is 0 Å². The molecule has 0 saturated heterocycles. The Morgan fingerprint density at radius 2 is 1.79 bits per heavy atom. The SMILES string of the molecule is CC(C)c1ccc(CNc2ccc(N)cc2Cl)cc1. The van der Waals surface area contributed by atoms with E-state index in [-0.39, 0.29) is 0 Å². The first-order valence-corrected chi connectivity index (χ1v) is 6.82. The summed E-state index contributed by atoms with van der Waals surface area (Å²) in [5, 5.41) is 3.97. The molecule has 3 heteroatoms. The first kappa shape index (κ1) is 13.8. The molecular formula is C16H19ClN2. The molecule has 2 nitrogen and oxygen atoms in total. The van der Waals surface area contributed by atoms with E-state index in [1.54, 1.807) is 6.07 Å². The number of nitrogen functional groups attached to an aromatic ring is 1. The van der Waals surface area contributed by atoms with Crippen molar-refractivity contribution >= 4 is 23.0 Å². The lowest BCUT2D eigenvalue weighted by atomic mass is 10.0. The lowest BCUT2D eigenvalue weighted by Crippen LogP contribution is -2.00. The monoisotopic (exact) mass is 274 g/mol. The van der Waals surface area contributed by atoms with E-state index in [9.17, 15) is 0 Å². The first-order chi connectivity index (χ1) is 9.06. The Labute approximate surface area is 119 Å². The van der Waals surface area contributed by atoms with Crippen LogP contribution in [0.3, 0.4) is 0 Å². The van der Waals surface area contributed by atoms with Gasteiger partial charge in [0.25, 0.3) is 0 Å². The maximum Gasteiger partial charge on any atom is 0.0658 e. The number of benzene rings is 2. The Kier molecular flexibility index (Phi) is 4.33. The van der Waals surface area contributed by atoms with Crippen LogP contribution in [0.25, 0.3) is 0 Å². The maximum absolute atomic E-state index is 6.12. The third kappa shape index (κ3) is 3.65. The van der Waals surface area contributed by atoms with Gasteiger partial charge in [-0.1, -0.05) is 49.7 Å². The van der Waals surface area contributed by atoms with Crippen molar-refractivity contribution in [1.82, 2.24) is 0 Å². The van der Waals surface area contributed by atoms with E-state index in [4.69, 9.17) is 17.3 Å². The second-order valence-electron chi connectivity index (χ2n) is 4.99. The number of hydrogen-bond acceptors (Lipinski definition) is 2. The third-order valence-corrected chi connectivity index (χ3v) is 3.44. The summed E-state index contributed by atoms with van der Waals surface area (Å²) in [6, 6.07) is 14.1. The van der Waals surface area contributed by atoms with E-state index in [0.29, 0.717) is 16.6 Å². The molecule has 2 rings (SSSR count). The van der Waals surface area contributed by atoms with E-state index >= 15 is 0 Å². The van der Waals surface area contributed by atoms with Crippen LogP contribution >= 0.6 is 11.6 Å². The van der Waals surface area contributed by atoms with Gasteiger partial charge in [-0.25, -0.2) is 0 Å². The van der Waals surface area contributed by atoms with Crippen molar-refractivity contribution in [2.45, 2.75) is 26.3 Å². The van der Waals surface area contributed by atoms with Crippen molar-refractivity contribution in [2.75, 3.05) is 11.1 Å². The molecule has 0 heterocycles. The molecule has 0 saturated carbocycles. The molecule has 0 aromatic heterocycles. The third-order valence-electron chi connectivity index (χ3n) is 3.12. The highest BCUT2D eigenvalue weighted by molar-refractivity contribution is 6.33.